The van der Waals surface area contributed by atoms with Crippen LogP contribution in [0.25, 0.3) is 0 Å². The first-order valence-corrected chi connectivity index (χ1v) is 11.5. The molecule has 5 nitrogen and oxygen atoms in total. The Morgan fingerprint density at radius 1 is 0.906 bits per heavy atom. The minimum Gasteiger partial charge on any atom is -0.481 e. The van der Waals surface area contributed by atoms with Crippen molar-refractivity contribution in [3.63, 3.8) is 0 Å². The lowest BCUT2D eigenvalue weighted by Gasteiger charge is -2.24. The monoisotopic (exact) mass is 448 g/mol. The molecule has 0 saturated carbocycles. The Morgan fingerprint density at radius 2 is 1.59 bits per heavy atom. The average molecular weight is 449 g/mol. The summed E-state index contributed by atoms with van der Waals surface area (Å²) >= 11 is 1.55. The van der Waals surface area contributed by atoms with Crippen molar-refractivity contribution in [1.29, 1.82) is 0 Å². The Morgan fingerprint density at radius 3 is 2.31 bits per heavy atom. The van der Waals surface area contributed by atoms with Crippen LogP contribution in [0.5, 0.6) is 0 Å². The molecule has 0 bridgehead atoms. The molecule has 32 heavy (non-hydrogen) atoms. The summed E-state index contributed by atoms with van der Waals surface area (Å²) in [6.07, 6.45) is 1.90. The Labute approximate surface area is 193 Å². The van der Waals surface area contributed by atoms with Crippen LogP contribution in [0.2, 0.25) is 0 Å². The minimum absolute atomic E-state index is 0.000814. The molecular weight excluding hydrogens is 420 g/mol. The van der Waals surface area contributed by atoms with Crippen molar-refractivity contribution in [2.24, 2.45) is 0 Å². The normalized spacial score (nSPS) is 10.5. The van der Waals surface area contributed by atoms with E-state index in [1.54, 1.807) is 16.7 Å². The van der Waals surface area contributed by atoms with E-state index in [0.29, 0.717) is 13.1 Å². The summed E-state index contributed by atoms with van der Waals surface area (Å²) < 4.78 is 0. The van der Waals surface area contributed by atoms with Gasteiger partial charge >= 0.3 is 12.0 Å². The van der Waals surface area contributed by atoms with Crippen molar-refractivity contribution in [2.45, 2.75) is 42.5 Å². The molecular formula is C26H28N2O3S. The van der Waals surface area contributed by atoms with Crippen LogP contribution in [0.3, 0.4) is 0 Å². The zero-order chi connectivity index (χ0) is 22.8. The number of anilines is 1. The fourth-order valence-electron chi connectivity index (χ4n) is 3.28. The van der Waals surface area contributed by atoms with Gasteiger partial charge in [-0.15, -0.1) is 0 Å². The van der Waals surface area contributed by atoms with E-state index in [1.165, 1.54) is 0 Å². The van der Waals surface area contributed by atoms with Crippen molar-refractivity contribution >= 4 is 29.4 Å². The minimum atomic E-state index is -0.845. The largest absolute Gasteiger partial charge is 0.481 e. The maximum atomic E-state index is 13.0. The zero-order valence-corrected chi connectivity index (χ0v) is 19.0. The van der Waals surface area contributed by atoms with E-state index < -0.39 is 5.97 Å². The van der Waals surface area contributed by atoms with Gasteiger partial charge in [0.2, 0.25) is 0 Å². The first kappa shape index (κ1) is 23.4. The molecule has 2 N–H and O–H groups in total. The number of rotatable bonds is 10. The van der Waals surface area contributed by atoms with Gasteiger partial charge in [-0.1, -0.05) is 73.6 Å². The molecule has 0 aromatic heterocycles. The Balaban J connectivity index is 1.74. The lowest BCUT2D eigenvalue weighted by atomic mass is 10.2. The molecule has 0 saturated heterocycles. The second kappa shape index (κ2) is 12.0. The van der Waals surface area contributed by atoms with Crippen LogP contribution in [0.1, 0.15) is 30.9 Å². The summed E-state index contributed by atoms with van der Waals surface area (Å²) in [7, 11) is 0. The van der Waals surface area contributed by atoms with Gasteiger partial charge in [0.25, 0.3) is 0 Å². The van der Waals surface area contributed by atoms with Gasteiger partial charge in [0, 0.05) is 28.6 Å². The highest BCUT2D eigenvalue weighted by molar-refractivity contribution is 7.99. The van der Waals surface area contributed by atoms with Gasteiger partial charge in [0.1, 0.15) is 0 Å². The van der Waals surface area contributed by atoms with E-state index in [9.17, 15) is 9.59 Å². The van der Waals surface area contributed by atoms with Crippen LogP contribution in [0.4, 0.5) is 10.5 Å². The molecule has 0 heterocycles. The van der Waals surface area contributed by atoms with Gasteiger partial charge in [-0.25, -0.2) is 4.79 Å². The van der Waals surface area contributed by atoms with Gasteiger partial charge in [0.15, 0.2) is 0 Å². The molecule has 166 valence electrons. The molecule has 0 fully saturated rings. The van der Waals surface area contributed by atoms with Crippen molar-refractivity contribution in [1.82, 2.24) is 5.32 Å². The van der Waals surface area contributed by atoms with Crippen LogP contribution in [-0.4, -0.2) is 23.7 Å². The van der Waals surface area contributed by atoms with Gasteiger partial charge in [-0.05, 0) is 47.9 Å². The molecule has 0 spiro atoms. The van der Waals surface area contributed by atoms with Crippen molar-refractivity contribution in [3.8, 4) is 0 Å². The van der Waals surface area contributed by atoms with Crippen LogP contribution in [0.15, 0.2) is 88.7 Å². The summed E-state index contributed by atoms with van der Waals surface area (Å²) in [5.74, 6) is -0.845. The third-order valence-corrected chi connectivity index (χ3v) is 5.87. The number of hydrogen-bond acceptors (Lipinski definition) is 3. The highest BCUT2D eigenvalue weighted by atomic mass is 32.2. The van der Waals surface area contributed by atoms with E-state index in [-0.39, 0.29) is 12.5 Å². The molecule has 0 radical (unpaired) electrons. The van der Waals surface area contributed by atoms with Crippen molar-refractivity contribution < 1.29 is 14.7 Å². The number of nitrogens with zero attached hydrogens (tertiary/aromatic N) is 1. The number of unbranched alkanes of at least 4 members (excludes halogenated alkanes) is 1. The molecule has 3 aromatic rings. The second-order valence-corrected chi connectivity index (χ2v) is 8.61. The number of carboxylic acid groups (broad SMARTS) is 1. The zero-order valence-electron chi connectivity index (χ0n) is 18.2. The molecule has 3 aromatic carbocycles. The number of nitrogens with one attached hydrogen (secondary N) is 1. The number of aliphatic carboxylic acids is 1. The average Bonchev–Trinajstić information content (AvgIpc) is 2.79. The highest BCUT2D eigenvalue weighted by Crippen LogP contribution is 2.31. The quantitative estimate of drug-likeness (QED) is 0.400. The SMILES string of the molecule is CCCCN(C(=O)NCc1ccccc1)c1cccc(Sc2cccc(CC(=O)O)c2)c1. The Hall–Kier alpha value is -3.25. The van der Waals surface area contributed by atoms with Crippen molar-refractivity contribution in [3.05, 3.63) is 90.0 Å². The Bertz CT molecular complexity index is 1040. The van der Waals surface area contributed by atoms with E-state index >= 15 is 0 Å². The molecule has 0 aliphatic rings. The molecule has 0 aliphatic heterocycles. The maximum Gasteiger partial charge on any atom is 0.322 e. The standard InChI is InChI=1S/C26H28N2O3S/c1-2-3-15-28(26(31)27-19-20-9-5-4-6-10-20)22-12-8-14-24(18-22)32-23-13-7-11-21(16-23)17-25(29)30/h4-14,16,18H,2-3,15,17,19H2,1H3,(H,27,31)(H,29,30). The summed E-state index contributed by atoms with van der Waals surface area (Å²) in [4.78, 5) is 27.7. The van der Waals surface area contributed by atoms with E-state index in [0.717, 1.165) is 39.4 Å². The Kier molecular flexibility index (Phi) is 8.75. The number of hydrogen-bond donors (Lipinski definition) is 2. The molecule has 3 rings (SSSR count). The number of urea groups is 1. The van der Waals surface area contributed by atoms with Crippen LogP contribution >= 0.6 is 11.8 Å². The van der Waals surface area contributed by atoms with E-state index in [4.69, 9.17) is 5.11 Å². The number of carboxylic acids is 1. The molecule has 0 unspecified atom stereocenters. The second-order valence-electron chi connectivity index (χ2n) is 7.47. The molecule has 0 aliphatic carbocycles. The van der Waals surface area contributed by atoms with Crippen molar-refractivity contribution in [2.75, 3.05) is 11.4 Å². The first-order valence-electron chi connectivity index (χ1n) is 10.7. The molecule has 2 amide bonds. The smallest absolute Gasteiger partial charge is 0.322 e. The van der Waals surface area contributed by atoms with Gasteiger partial charge in [0.05, 0.1) is 6.42 Å². The summed E-state index contributed by atoms with van der Waals surface area (Å²) in [6.45, 7) is 3.23. The highest BCUT2D eigenvalue weighted by Gasteiger charge is 2.16. The van der Waals surface area contributed by atoms with Crippen LogP contribution in [0, 0.1) is 0 Å². The third kappa shape index (κ3) is 7.17. The topological polar surface area (TPSA) is 69.6 Å². The summed E-state index contributed by atoms with van der Waals surface area (Å²) in [5.41, 5.74) is 2.67. The fourth-order valence-corrected chi connectivity index (χ4v) is 4.23. The third-order valence-electron chi connectivity index (χ3n) is 4.89. The number of carbonyl (C=O) groups is 2. The number of carbonyl (C=O) groups excluding carboxylic acids is 1. The van der Waals surface area contributed by atoms with Crippen LogP contribution < -0.4 is 10.2 Å². The number of amides is 2. The fraction of sp³-hybridized carbons (Fsp3) is 0.231. The van der Waals surface area contributed by atoms with E-state index in [1.807, 2.05) is 78.9 Å². The predicted octanol–water partition coefficient (Wildman–Crippen LogP) is 5.98. The van der Waals surface area contributed by atoms with Gasteiger partial charge < -0.3 is 10.4 Å². The summed E-state index contributed by atoms with van der Waals surface area (Å²) in [5, 5.41) is 12.1. The molecule has 6 heteroatoms. The van der Waals surface area contributed by atoms with Gasteiger partial charge in [-0.2, -0.15) is 0 Å². The maximum absolute atomic E-state index is 13.0. The lowest BCUT2D eigenvalue weighted by Crippen LogP contribution is -2.40. The van der Waals surface area contributed by atoms with Gasteiger partial charge in [-0.3, -0.25) is 9.69 Å². The first-order chi connectivity index (χ1) is 15.5. The predicted molar refractivity (Wildman–Crippen MR) is 129 cm³/mol. The summed E-state index contributed by atoms with van der Waals surface area (Å²) in [6, 6.07) is 25.2. The lowest BCUT2D eigenvalue weighted by molar-refractivity contribution is -0.136. The molecule has 0 atom stereocenters. The van der Waals surface area contributed by atoms with E-state index in [2.05, 4.69) is 12.2 Å². The number of benzene rings is 3. The van der Waals surface area contributed by atoms with Crippen LogP contribution in [-0.2, 0) is 17.8 Å².